The van der Waals surface area contributed by atoms with Gasteiger partial charge in [0.15, 0.2) is 4.80 Å². The van der Waals surface area contributed by atoms with Crippen molar-refractivity contribution in [2.24, 2.45) is 4.99 Å². The third-order valence-corrected chi connectivity index (χ3v) is 9.56. The average Bonchev–Trinajstić information content (AvgIpc) is 3.66. The van der Waals surface area contributed by atoms with Gasteiger partial charge in [0, 0.05) is 33.8 Å². The molecular weight excluding hydrogens is 587 g/mol. The number of thiazole rings is 1. The number of carbonyl (C=O) groups excluding carboxylic acids is 1. The van der Waals surface area contributed by atoms with Crippen molar-refractivity contribution in [1.82, 2.24) is 4.57 Å². The van der Waals surface area contributed by atoms with Gasteiger partial charge < -0.3 is 14.5 Å². The topological polar surface area (TPSA) is 111 Å². The number of non-ortho nitro benzene ring substituents is 1. The number of anilines is 1. The van der Waals surface area contributed by atoms with E-state index in [9.17, 15) is 19.7 Å². The molecule has 1 saturated heterocycles. The highest BCUT2D eigenvalue weighted by molar-refractivity contribution is 7.10. The van der Waals surface area contributed by atoms with Gasteiger partial charge in [-0.05, 0) is 30.5 Å². The molecule has 12 heteroatoms. The summed E-state index contributed by atoms with van der Waals surface area (Å²) in [6, 6.07) is 17.2. The second-order valence-corrected chi connectivity index (χ2v) is 12.4. The Balaban J connectivity index is 1.58. The zero-order valence-corrected chi connectivity index (χ0v) is 25.3. The summed E-state index contributed by atoms with van der Waals surface area (Å²) in [7, 11) is 2.15. The number of esters is 1. The minimum Gasteiger partial charge on any atom is -0.463 e. The number of piperazine rings is 1. The van der Waals surface area contributed by atoms with Crippen molar-refractivity contribution in [2.75, 3.05) is 44.7 Å². The second-order valence-electron chi connectivity index (χ2n) is 10.4. The van der Waals surface area contributed by atoms with E-state index in [2.05, 4.69) is 11.9 Å². The maximum atomic E-state index is 14.2. The minimum atomic E-state index is -0.738. The average molecular weight is 617 g/mol. The predicted molar refractivity (Wildman–Crippen MR) is 167 cm³/mol. The Hall–Kier alpha value is -4.39. The van der Waals surface area contributed by atoms with E-state index in [1.165, 1.54) is 39.7 Å². The van der Waals surface area contributed by atoms with E-state index in [4.69, 9.17) is 9.73 Å². The van der Waals surface area contributed by atoms with Crippen molar-refractivity contribution in [3.63, 3.8) is 0 Å². The number of likely N-dealkylation sites (N-methyl/N-ethyl adjacent to an activating group) is 1. The van der Waals surface area contributed by atoms with Gasteiger partial charge in [0.25, 0.3) is 11.2 Å². The fraction of sp³-hybridized carbons (Fsp3) is 0.258. The number of carbonyl (C=O) groups is 1. The van der Waals surface area contributed by atoms with Gasteiger partial charge in [-0.2, -0.15) is 0 Å². The number of fused-ring (bicyclic) bond motifs is 1. The van der Waals surface area contributed by atoms with Crippen LogP contribution in [0.5, 0.6) is 0 Å². The molecule has 1 N–H and O–H groups in total. The van der Waals surface area contributed by atoms with Gasteiger partial charge in [-0.25, -0.2) is 9.79 Å². The first-order valence-electron chi connectivity index (χ1n) is 14.0. The Kier molecular flexibility index (Phi) is 8.06. The predicted octanol–water partition coefficient (Wildman–Crippen LogP) is 2.24. The lowest BCUT2D eigenvalue weighted by atomic mass is 9.97. The van der Waals surface area contributed by atoms with Crippen LogP contribution >= 0.6 is 22.7 Å². The molecular formula is C31H30N5O5S2+. The fourth-order valence-electron chi connectivity index (χ4n) is 5.49. The van der Waals surface area contributed by atoms with Crippen LogP contribution in [0, 0.1) is 10.1 Å². The number of nitrogens with zero attached hydrogens (tertiary/aromatic N) is 4. The molecule has 0 saturated carbocycles. The van der Waals surface area contributed by atoms with E-state index in [0.717, 1.165) is 42.3 Å². The molecule has 0 radical (unpaired) electrons. The van der Waals surface area contributed by atoms with Crippen molar-refractivity contribution in [3.8, 4) is 0 Å². The third kappa shape index (κ3) is 5.56. The van der Waals surface area contributed by atoms with E-state index in [1.54, 1.807) is 23.6 Å². The lowest BCUT2D eigenvalue weighted by Crippen LogP contribution is -3.12. The fourth-order valence-corrected chi connectivity index (χ4v) is 7.30. The summed E-state index contributed by atoms with van der Waals surface area (Å²) >= 11 is 2.65. The number of quaternary nitrogens is 1. The summed E-state index contributed by atoms with van der Waals surface area (Å²) in [4.78, 5) is 48.8. The molecule has 4 aromatic rings. The molecule has 1 fully saturated rings. The van der Waals surface area contributed by atoms with Crippen LogP contribution in [-0.2, 0) is 9.53 Å². The quantitative estimate of drug-likeness (QED) is 0.194. The standard InChI is InChI=1S/C31H29N5O5S2/c1-3-41-30(38)26-27(20-8-5-4-6-9-20)32-31-35(28(26)24-10-7-17-42-24)29(37)25(43-31)19-21-18-22(36(39)40)11-12-23(21)34-15-13-33(2)14-16-34/h4-12,17-19,28H,3,13-16H2,1-2H3/p+1/b25-19+/t28-/m0/s1. The number of nitrogens with one attached hydrogen (secondary N) is 1. The van der Waals surface area contributed by atoms with Crippen LogP contribution in [0.25, 0.3) is 11.8 Å². The minimum absolute atomic E-state index is 0.0463. The highest BCUT2D eigenvalue weighted by Crippen LogP contribution is 2.37. The number of benzene rings is 2. The lowest BCUT2D eigenvalue weighted by Gasteiger charge is -2.32. The maximum absolute atomic E-state index is 14.2. The third-order valence-electron chi connectivity index (χ3n) is 7.65. The van der Waals surface area contributed by atoms with Gasteiger partial charge in [0.2, 0.25) is 0 Å². The Labute approximate surface area is 255 Å². The molecule has 0 spiro atoms. The van der Waals surface area contributed by atoms with E-state index in [-0.39, 0.29) is 17.9 Å². The monoisotopic (exact) mass is 616 g/mol. The molecule has 6 rings (SSSR count). The number of nitro groups is 1. The van der Waals surface area contributed by atoms with Crippen LogP contribution in [0.4, 0.5) is 11.4 Å². The number of hydrogen-bond donors (Lipinski definition) is 1. The van der Waals surface area contributed by atoms with Crippen molar-refractivity contribution in [1.29, 1.82) is 0 Å². The summed E-state index contributed by atoms with van der Waals surface area (Å²) in [6.07, 6.45) is 1.72. The van der Waals surface area contributed by atoms with Crippen LogP contribution < -0.4 is 24.7 Å². The van der Waals surface area contributed by atoms with E-state index < -0.39 is 16.9 Å². The molecule has 0 amide bonds. The van der Waals surface area contributed by atoms with Crippen molar-refractivity contribution < 1.29 is 19.4 Å². The Bertz CT molecular complexity index is 1890. The smallest absolute Gasteiger partial charge is 0.338 e. The van der Waals surface area contributed by atoms with Crippen LogP contribution in [0.1, 0.15) is 29.0 Å². The summed E-state index contributed by atoms with van der Waals surface area (Å²) in [6.45, 7) is 5.40. The van der Waals surface area contributed by atoms with E-state index in [1.807, 2.05) is 47.8 Å². The van der Waals surface area contributed by atoms with Crippen molar-refractivity contribution in [2.45, 2.75) is 13.0 Å². The zero-order chi connectivity index (χ0) is 30.1. The first-order valence-corrected chi connectivity index (χ1v) is 15.7. The molecule has 0 bridgehead atoms. The van der Waals surface area contributed by atoms with Gasteiger partial charge in [-0.1, -0.05) is 47.7 Å². The molecule has 0 unspecified atom stereocenters. The Morgan fingerprint density at radius 3 is 2.60 bits per heavy atom. The number of aromatic nitrogens is 1. The Morgan fingerprint density at radius 1 is 1.16 bits per heavy atom. The molecule has 0 aliphatic carbocycles. The number of ether oxygens (including phenoxy) is 1. The summed E-state index contributed by atoms with van der Waals surface area (Å²) < 4.78 is 7.43. The molecule has 2 aliphatic rings. The van der Waals surface area contributed by atoms with Crippen LogP contribution in [0.15, 0.2) is 81.4 Å². The van der Waals surface area contributed by atoms with Gasteiger partial charge in [-0.3, -0.25) is 19.5 Å². The van der Waals surface area contributed by atoms with Crippen LogP contribution in [0.2, 0.25) is 0 Å². The number of thiophene rings is 1. The summed E-state index contributed by atoms with van der Waals surface area (Å²) in [5.41, 5.74) is 2.57. The highest BCUT2D eigenvalue weighted by Gasteiger charge is 2.35. The molecule has 220 valence electrons. The SMILES string of the molecule is CCOC(=O)C1=C(c2ccccc2)N=c2s/c(=C/c3cc([N+](=O)[O-])ccc3N3CC[NH+](C)CC3)c(=O)n2[C@H]1c1cccs1. The maximum Gasteiger partial charge on any atom is 0.338 e. The second kappa shape index (κ2) is 12.1. The summed E-state index contributed by atoms with van der Waals surface area (Å²) in [5, 5.41) is 13.6. The molecule has 4 heterocycles. The molecule has 10 nitrogen and oxygen atoms in total. The molecule has 2 aromatic heterocycles. The number of nitro benzene ring substituents is 1. The van der Waals surface area contributed by atoms with E-state index >= 15 is 0 Å². The van der Waals surface area contributed by atoms with Gasteiger partial charge in [0.05, 0.1) is 60.6 Å². The molecule has 1 atom stereocenters. The zero-order valence-electron chi connectivity index (χ0n) is 23.7. The van der Waals surface area contributed by atoms with Gasteiger partial charge in [0.1, 0.15) is 6.04 Å². The van der Waals surface area contributed by atoms with Crippen molar-refractivity contribution in [3.05, 3.63) is 117 Å². The first-order chi connectivity index (χ1) is 20.9. The number of rotatable bonds is 7. The molecule has 2 aromatic carbocycles. The number of hydrogen-bond acceptors (Lipinski definition) is 9. The van der Waals surface area contributed by atoms with Crippen molar-refractivity contribution >= 4 is 51.8 Å². The van der Waals surface area contributed by atoms with Crippen LogP contribution in [-0.4, -0.2) is 55.3 Å². The molecule has 2 aliphatic heterocycles. The highest BCUT2D eigenvalue weighted by atomic mass is 32.1. The lowest BCUT2D eigenvalue weighted by molar-refractivity contribution is -0.880. The van der Waals surface area contributed by atoms with Gasteiger partial charge >= 0.3 is 5.97 Å². The van der Waals surface area contributed by atoms with E-state index in [0.29, 0.717) is 26.2 Å². The Morgan fingerprint density at radius 2 is 1.93 bits per heavy atom. The summed E-state index contributed by atoms with van der Waals surface area (Å²) in [5.74, 6) is -0.532. The van der Waals surface area contributed by atoms with Gasteiger partial charge in [-0.15, -0.1) is 11.3 Å². The molecule has 43 heavy (non-hydrogen) atoms. The largest absolute Gasteiger partial charge is 0.463 e. The van der Waals surface area contributed by atoms with Crippen LogP contribution in [0.3, 0.4) is 0 Å². The normalized spacial score (nSPS) is 17.5. The first kappa shape index (κ1) is 28.7.